The summed E-state index contributed by atoms with van der Waals surface area (Å²) in [5.74, 6) is 1.01. The van der Waals surface area contributed by atoms with Gasteiger partial charge in [-0.3, -0.25) is 14.4 Å². The molecule has 0 spiro atoms. The minimum atomic E-state index is -1.24. The largest absolute Gasteiger partial charge is 0.481 e. The minimum Gasteiger partial charge on any atom is -0.481 e. The second-order valence-corrected chi connectivity index (χ2v) is 14.0. The molecule has 1 saturated heterocycles. The number of aromatic nitrogens is 2. The molecule has 4 atom stereocenters. The van der Waals surface area contributed by atoms with Crippen molar-refractivity contribution in [1.29, 1.82) is 0 Å². The first kappa shape index (κ1) is 26.7. The Balaban J connectivity index is 1.20. The number of Topliss-reactive ketones (excluding diaryl/α,β-unsaturated/α-hetero) is 1. The Kier molecular flexibility index (Phi) is 5.69. The van der Waals surface area contributed by atoms with E-state index >= 15 is 0 Å². The van der Waals surface area contributed by atoms with Gasteiger partial charge in [-0.15, -0.1) is 0 Å². The molecule has 0 radical (unpaired) electrons. The highest BCUT2D eigenvalue weighted by atomic mass is 16.7. The number of carbonyl (C=O) groups excluding carboxylic acids is 1. The molecule has 2 aromatic heterocycles. The van der Waals surface area contributed by atoms with Crippen LogP contribution in [-0.4, -0.2) is 57.7 Å². The Morgan fingerprint density at radius 2 is 1.77 bits per heavy atom. The molecule has 1 aromatic carbocycles. The summed E-state index contributed by atoms with van der Waals surface area (Å²) in [4.78, 5) is 48.7. The van der Waals surface area contributed by atoms with Gasteiger partial charge >= 0.3 is 5.97 Å². The van der Waals surface area contributed by atoms with E-state index in [9.17, 15) is 19.5 Å². The summed E-state index contributed by atoms with van der Waals surface area (Å²) in [6.07, 6.45) is 7.34. The molecule has 3 aliphatic carbocycles. The van der Waals surface area contributed by atoms with Crippen LogP contribution in [0.25, 0.3) is 22.3 Å². The molecule has 9 heteroatoms. The molecule has 0 bridgehead atoms. The Morgan fingerprint density at radius 1 is 1.05 bits per heavy atom. The number of nitrogens with zero attached hydrogens (tertiary/aromatic N) is 3. The number of pyridine rings is 2. The van der Waals surface area contributed by atoms with Gasteiger partial charge < -0.3 is 24.0 Å². The number of likely N-dealkylation sites (tertiary alicyclic amines) is 1. The number of hydrogen-bond acceptors (Lipinski definition) is 7. The maximum atomic E-state index is 14.2. The van der Waals surface area contributed by atoms with Crippen molar-refractivity contribution in [2.24, 2.45) is 17.8 Å². The van der Waals surface area contributed by atoms with E-state index in [1.54, 1.807) is 4.57 Å². The van der Waals surface area contributed by atoms with Crippen LogP contribution in [0.3, 0.4) is 0 Å². The van der Waals surface area contributed by atoms with E-state index in [4.69, 9.17) is 14.5 Å². The van der Waals surface area contributed by atoms with Crippen LogP contribution in [0.5, 0.6) is 11.5 Å². The van der Waals surface area contributed by atoms with Crippen LogP contribution in [0.4, 0.5) is 0 Å². The predicted octanol–water partition coefficient (Wildman–Crippen LogP) is 4.63. The molecular formula is C35H37N3O6. The number of carboxylic acid groups (broad SMARTS) is 1. The lowest BCUT2D eigenvalue weighted by Crippen LogP contribution is -2.49. The summed E-state index contributed by atoms with van der Waals surface area (Å²) in [7, 11) is 0. The van der Waals surface area contributed by atoms with Crippen molar-refractivity contribution in [3.05, 3.63) is 50.8 Å². The summed E-state index contributed by atoms with van der Waals surface area (Å²) in [6, 6.07) is 5.93. The average Bonchev–Trinajstić information content (AvgIpc) is 3.78. The first-order valence-corrected chi connectivity index (χ1v) is 16.4. The van der Waals surface area contributed by atoms with Crippen LogP contribution in [0.1, 0.15) is 80.0 Å². The number of hydrogen-bond donors (Lipinski definition) is 1. The molecular weight excluding hydrogens is 558 g/mol. The van der Waals surface area contributed by atoms with Gasteiger partial charge in [-0.2, -0.15) is 0 Å². The van der Waals surface area contributed by atoms with E-state index in [0.717, 1.165) is 53.8 Å². The lowest BCUT2D eigenvalue weighted by molar-refractivity contribution is -0.148. The normalized spacial score (nSPS) is 27.3. The second kappa shape index (κ2) is 9.39. The molecule has 4 unspecified atom stereocenters. The summed E-state index contributed by atoms with van der Waals surface area (Å²) in [5, 5.41) is 11.7. The zero-order valence-corrected chi connectivity index (χ0v) is 25.1. The standard InChI is InChI=1S/C35H37N3O6/c1-2-35(25(34(41)42)16-37-13-19-7-4-8-20(19)14-37)24-11-27-32-23(15-38(27)33(40)21(24)10-30(35)39)31(18-5-3-6-18)22-9-28-29(44-17-43-28)12-26(22)36-32/h9,11-12,18-20,25H,2-8,10,13-17H2,1H3,(H,41,42). The Bertz CT molecular complexity index is 1830. The van der Waals surface area contributed by atoms with Crippen molar-refractivity contribution in [1.82, 2.24) is 14.5 Å². The highest BCUT2D eigenvalue weighted by molar-refractivity contribution is 6.01. The predicted molar refractivity (Wildman–Crippen MR) is 162 cm³/mol. The maximum absolute atomic E-state index is 14.2. The van der Waals surface area contributed by atoms with Gasteiger partial charge in [0.1, 0.15) is 5.78 Å². The fourth-order valence-corrected chi connectivity index (χ4v) is 9.69. The highest BCUT2D eigenvalue weighted by Crippen LogP contribution is 2.51. The van der Waals surface area contributed by atoms with Crippen LogP contribution in [0, 0.1) is 17.8 Å². The Morgan fingerprint density at radius 3 is 2.45 bits per heavy atom. The summed E-state index contributed by atoms with van der Waals surface area (Å²) < 4.78 is 13.2. The van der Waals surface area contributed by atoms with E-state index in [0.29, 0.717) is 59.8 Å². The molecule has 3 fully saturated rings. The van der Waals surface area contributed by atoms with Crippen LogP contribution in [-0.2, 0) is 28.0 Å². The number of ketones is 1. The lowest BCUT2D eigenvalue weighted by atomic mass is 9.68. The minimum absolute atomic E-state index is 0.0139. The Hall–Kier alpha value is -3.72. The van der Waals surface area contributed by atoms with Crippen molar-refractivity contribution >= 4 is 22.7 Å². The molecule has 5 heterocycles. The monoisotopic (exact) mass is 595 g/mol. The second-order valence-electron chi connectivity index (χ2n) is 14.0. The van der Waals surface area contributed by atoms with Crippen molar-refractivity contribution in [2.45, 2.75) is 76.2 Å². The van der Waals surface area contributed by atoms with E-state index < -0.39 is 17.3 Å². The van der Waals surface area contributed by atoms with Gasteiger partial charge in [0, 0.05) is 48.6 Å². The highest BCUT2D eigenvalue weighted by Gasteiger charge is 2.56. The average molecular weight is 596 g/mol. The van der Waals surface area contributed by atoms with Gasteiger partial charge in [0.25, 0.3) is 5.56 Å². The third-order valence-corrected chi connectivity index (χ3v) is 12.1. The number of fused-ring (bicyclic) bond motifs is 7. The molecule has 44 heavy (non-hydrogen) atoms. The van der Waals surface area contributed by atoms with Crippen LogP contribution < -0.4 is 15.0 Å². The van der Waals surface area contributed by atoms with Gasteiger partial charge in [0.05, 0.1) is 34.8 Å². The quantitative estimate of drug-likeness (QED) is 0.344. The van der Waals surface area contributed by atoms with Crippen molar-refractivity contribution in [2.75, 3.05) is 26.4 Å². The lowest BCUT2D eigenvalue weighted by Gasteiger charge is -2.36. The first-order chi connectivity index (χ1) is 21.4. The van der Waals surface area contributed by atoms with Crippen molar-refractivity contribution < 1.29 is 24.2 Å². The number of benzene rings is 1. The SMILES string of the molecule is CCC1(C(CN2CC3CCCC3C2)C(=O)O)C(=O)Cc2c1cc1n(c2=O)Cc2c-1nc1cc3c(cc1c2C1CCC1)OCO3. The van der Waals surface area contributed by atoms with E-state index in [-0.39, 0.29) is 24.6 Å². The van der Waals surface area contributed by atoms with Gasteiger partial charge in [-0.05, 0) is 73.1 Å². The molecule has 1 N–H and O–H groups in total. The molecule has 2 saturated carbocycles. The van der Waals surface area contributed by atoms with Crippen LogP contribution in [0.2, 0.25) is 0 Å². The van der Waals surface area contributed by atoms with Crippen molar-refractivity contribution in [3.63, 3.8) is 0 Å². The van der Waals surface area contributed by atoms with Gasteiger partial charge in [0.2, 0.25) is 6.79 Å². The van der Waals surface area contributed by atoms with Crippen molar-refractivity contribution in [3.8, 4) is 22.9 Å². The molecule has 228 valence electrons. The number of carbonyl (C=O) groups is 2. The van der Waals surface area contributed by atoms with E-state index in [2.05, 4.69) is 4.90 Å². The number of ether oxygens (including phenoxy) is 2. The number of carboxylic acids is 1. The van der Waals surface area contributed by atoms with E-state index in [1.165, 1.54) is 31.2 Å². The zero-order chi connectivity index (χ0) is 29.9. The van der Waals surface area contributed by atoms with Crippen LogP contribution >= 0.6 is 0 Å². The topological polar surface area (TPSA) is 111 Å². The molecule has 9 rings (SSSR count). The fourth-order valence-electron chi connectivity index (χ4n) is 9.69. The summed E-state index contributed by atoms with van der Waals surface area (Å²) in [6.45, 7) is 4.63. The van der Waals surface area contributed by atoms with Gasteiger partial charge in [-0.25, -0.2) is 4.98 Å². The maximum Gasteiger partial charge on any atom is 0.309 e. The summed E-state index contributed by atoms with van der Waals surface area (Å²) >= 11 is 0. The summed E-state index contributed by atoms with van der Waals surface area (Å²) in [5.41, 5.74) is 4.21. The zero-order valence-electron chi connectivity index (χ0n) is 25.1. The molecule has 3 aliphatic heterocycles. The Labute approximate surface area is 255 Å². The van der Waals surface area contributed by atoms with E-state index in [1.807, 2.05) is 25.1 Å². The number of aliphatic carboxylic acids is 1. The third kappa shape index (κ3) is 3.50. The van der Waals surface area contributed by atoms with Gasteiger partial charge in [0.15, 0.2) is 11.5 Å². The smallest absolute Gasteiger partial charge is 0.309 e. The molecule has 6 aliphatic rings. The number of rotatable bonds is 6. The molecule has 3 aromatic rings. The molecule has 0 amide bonds. The first-order valence-electron chi connectivity index (χ1n) is 16.4. The molecule has 9 nitrogen and oxygen atoms in total. The fraction of sp³-hybridized carbons (Fsp3) is 0.543. The van der Waals surface area contributed by atoms with Crippen LogP contribution in [0.15, 0.2) is 23.0 Å². The third-order valence-electron chi connectivity index (χ3n) is 12.1. The van der Waals surface area contributed by atoms with Gasteiger partial charge in [-0.1, -0.05) is 19.8 Å².